The van der Waals surface area contributed by atoms with Crippen molar-refractivity contribution < 1.29 is 9.59 Å². The van der Waals surface area contributed by atoms with E-state index in [0.717, 1.165) is 28.7 Å². The van der Waals surface area contributed by atoms with Crippen LogP contribution in [0.4, 0.5) is 11.4 Å². The van der Waals surface area contributed by atoms with Gasteiger partial charge in [-0.25, -0.2) is 0 Å². The lowest BCUT2D eigenvalue weighted by molar-refractivity contribution is -0.117. The molecular formula is C29H27N3O2S. The highest BCUT2D eigenvalue weighted by Gasteiger charge is 2.40. The third kappa shape index (κ3) is 5.47. The summed E-state index contributed by atoms with van der Waals surface area (Å²) in [6.07, 6.45) is 1.39. The summed E-state index contributed by atoms with van der Waals surface area (Å²) in [5.41, 5.74) is 5.51. The van der Waals surface area contributed by atoms with Gasteiger partial charge < -0.3 is 5.32 Å². The highest BCUT2D eigenvalue weighted by molar-refractivity contribution is 8.05. The lowest BCUT2D eigenvalue weighted by Crippen LogP contribution is -2.31. The smallest absolute Gasteiger partial charge is 0.269 e. The molecule has 0 aromatic heterocycles. The number of carbonyl (C=O) groups is 2. The summed E-state index contributed by atoms with van der Waals surface area (Å²) >= 11 is 1.28. The number of carbonyl (C=O) groups excluding carboxylic acids is 2. The SMILES string of the molecule is CCc1ccc(N2C(=O)C(Cc3ccc(C)cc3)S/C2=C(/C#N)C(=O)Nc2cccc(C)c2)cc1. The second kappa shape index (κ2) is 10.6. The second-order valence-electron chi connectivity index (χ2n) is 8.61. The van der Waals surface area contributed by atoms with Crippen molar-refractivity contribution in [2.24, 2.45) is 0 Å². The van der Waals surface area contributed by atoms with Crippen molar-refractivity contribution in [2.75, 3.05) is 10.2 Å². The number of anilines is 2. The zero-order chi connectivity index (χ0) is 24.9. The van der Waals surface area contributed by atoms with Crippen LogP contribution in [0.3, 0.4) is 0 Å². The number of nitriles is 1. The Hall–Kier alpha value is -3.82. The van der Waals surface area contributed by atoms with Crippen LogP contribution in [0.25, 0.3) is 0 Å². The maximum Gasteiger partial charge on any atom is 0.269 e. The summed E-state index contributed by atoms with van der Waals surface area (Å²) in [5, 5.41) is 12.8. The summed E-state index contributed by atoms with van der Waals surface area (Å²) in [4.78, 5) is 28.3. The van der Waals surface area contributed by atoms with Crippen molar-refractivity contribution in [2.45, 2.75) is 38.9 Å². The average Bonchev–Trinajstić information content (AvgIpc) is 3.16. The standard InChI is InChI=1S/C29H27N3O2S/c1-4-21-12-14-24(15-13-21)32-28(34)26(17-22-10-8-19(2)9-11-22)35-29(32)25(18-30)27(33)31-23-7-5-6-20(3)16-23/h5-16,26H,4,17H2,1-3H3,(H,31,33)/b29-25-. The number of benzene rings is 3. The molecule has 0 aliphatic carbocycles. The molecule has 5 nitrogen and oxygen atoms in total. The van der Waals surface area contributed by atoms with E-state index in [2.05, 4.69) is 18.3 Å². The van der Waals surface area contributed by atoms with Crippen LogP contribution in [0.5, 0.6) is 0 Å². The molecule has 3 aromatic carbocycles. The van der Waals surface area contributed by atoms with Gasteiger partial charge in [-0.2, -0.15) is 5.26 Å². The number of thioether (sulfide) groups is 1. The molecular weight excluding hydrogens is 454 g/mol. The van der Waals surface area contributed by atoms with Crippen LogP contribution < -0.4 is 10.2 Å². The molecule has 1 heterocycles. The van der Waals surface area contributed by atoms with Gasteiger partial charge in [0.2, 0.25) is 5.91 Å². The molecule has 0 bridgehead atoms. The number of hydrogen-bond donors (Lipinski definition) is 1. The fourth-order valence-corrected chi connectivity index (χ4v) is 5.27. The molecule has 3 aromatic rings. The first kappa shape index (κ1) is 24.3. The van der Waals surface area contributed by atoms with E-state index in [-0.39, 0.29) is 11.5 Å². The van der Waals surface area contributed by atoms with Crippen molar-refractivity contribution in [1.29, 1.82) is 5.26 Å². The molecule has 35 heavy (non-hydrogen) atoms. The third-order valence-electron chi connectivity index (χ3n) is 5.93. The van der Waals surface area contributed by atoms with E-state index in [1.807, 2.05) is 80.6 Å². The minimum Gasteiger partial charge on any atom is -0.321 e. The fourth-order valence-electron chi connectivity index (χ4n) is 3.96. The van der Waals surface area contributed by atoms with Gasteiger partial charge in [0.25, 0.3) is 5.91 Å². The predicted molar refractivity (Wildman–Crippen MR) is 142 cm³/mol. The molecule has 1 N–H and O–H groups in total. The van der Waals surface area contributed by atoms with Crippen LogP contribution in [0, 0.1) is 25.2 Å². The van der Waals surface area contributed by atoms with E-state index in [4.69, 9.17) is 0 Å². The second-order valence-corrected chi connectivity index (χ2v) is 9.80. The number of amides is 2. The minimum absolute atomic E-state index is 0.0733. The van der Waals surface area contributed by atoms with Crippen molar-refractivity contribution in [3.8, 4) is 6.07 Å². The Morgan fingerprint density at radius 2 is 1.69 bits per heavy atom. The van der Waals surface area contributed by atoms with Crippen LogP contribution in [-0.4, -0.2) is 17.1 Å². The fraction of sp³-hybridized carbons (Fsp3) is 0.207. The summed E-state index contributed by atoms with van der Waals surface area (Å²) in [5.74, 6) is -0.662. The number of nitrogens with one attached hydrogen (secondary N) is 1. The molecule has 176 valence electrons. The molecule has 1 aliphatic heterocycles. The number of nitrogens with zero attached hydrogens (tertiary/aromatic N) is 2. The van der Waals surface area contributed by atoms with Gasteiger partial charge in [0.05, 0.1) is 5.25 Å². The largest absolute Gasteiger partial charge is 0.321 e. The summed E-state index contributed by atoms with van der Waals surface area (Å²) < 4.78 is 0. The molecule has 1 fully saturated rings. The first-order chi connectivity index (χ1) is 16.9. The van der Waals surface area contributed by atoms with Gasteiger partial charge in [0, 0.05) is 11.4 Å². The lowest BCUT2D eigenvalue weighted by Gasteiger charge is -2.19. The zero-order valence-electron chi connectivity index (χ0n) is 20.0. The van der Waals surface area contributed by atoms with Gasteiger partial charge in [-0.05, 0) is 67.6 Å². The van der Waals surface area contributed by atoms with Crippen LogP contribution in [0.2, 0.25) is 0 Å². The van der Waals surface area contributed by atoms with E-state index in [0.29, 0.717) is 22.8 Å². The maximum atomic E-state index is 13.6. The lowest BCUT2D eigenvalue weighted by atomic mass is 10.1. The monoisotopic (exact) mass is 481 g/mol. The highest BCUT2D eigenvalue weighted by Crippen LogP contribution is 2.42. The molecule has 1 unspecified atom stereocenters. The third-order valence-corrected chi connectivity index (χ3v) is 7.19. The highest BCUT2D eigenvalue weighted by atomic mass is 32.2. The van der Waals surface area contributed by atoms with Gasteiger partial charge in [-0.3, -0.25) is 14.5 Å². The zero-order valence-corrected chi connectivity index (χ0v) is 20.9. The van der Waals surface area contributed by atoms with Crippen LogP contribution >= 0.6 is 11.8 Å². The Morgan fingerprint density at radius 3 is 2.31 bits per heavy atom. The van der Waals surface area contributed by atoms with E-state index < -0.39 is 11.2 Å². The average molecular weight is 482 g/mol. The van der Waals surface area contributed by atoms with Crippen LogP contribution in [-0.2, 0) is 22.4 Å². The van der Waals surface area contributed by atoms with Crippen molar-refractivity contribution >= 4 is 35.0 Å². The summed E-state index contributed by atoms with van der Waals surface area (Å²) in [7, 11) is 0. The Balaban J connectivity index is 1.72. The number of rotatable bonds is 6. The number of hydrogen-bond acceptors (Lipinski definition) is 4. The minimum atomic E-state index is -0.528. The Kier molecular flexibility index (Phi) is 7.38. The normalized spacial score (nSPS) is 16.7. The van der Waals surface area contributed by atoms with Crippen molar-refractivity contribution in [3.05, 3.63) is 106 Å². The van der Waals surface area contributed by atoms with Gasteiger partial charge in [-0.15, -0.1) is 0 Å². The molecule has 6 heteroatoms. The molecule has 0 radical (unpaired) electrons. The van der Waals surface area contributed by atoms with E-state index >= 15 is 0 Å². The molecule has 0 saturated carbocycles. The maximum absolute atomic E-state index is 13.6. The Labute approximate surface area is 210 Å². The van der Waals surface area contributed by atoms with Crippen LogP contribution in [0.15, 0.2) is 83.4 Å². The van der Waals surface area contributed by atoms with Crippen molar-refractivity contribution in [1.82, 2.24) is 0 Å². The molecule has 4 rings (SSSR count). The van der Waals surface area contributed by atoms with Gasteiger partial charge in [0.1, 0.15) is 16.7 Å². The predicted octanol–water partition coefficient (Wildman–Crippen LogP) is 5.93. The molecule has 2 amide bonds. The quantitative estimate of drug-likeness (QED) is 0.350. The number of aryl methyl sites for hydroxylation is 3. The van der Waals surface area contributed by atoms with E-state index in [1.54, 1.807) is 6.07 Å². The Bertz CT molecular complexity index is 1320. The summed E-state index contributed by atoms with van der Waals surface area (Å²) in [6, 6.07) is 25.2. The first-order valence-corrected chi connectivity index (χ1v) is 12.4. The molecule has 1 atom stereocenters. The van der Waals surface area contributed by atoms with Gasteiger partial charge in [-0.1, -0.05) is 72.8 Å². The topological polar surface area (TPSA) is 73.2 Å². The molecule has 0 spiro atoms. The van der Waals surface area contributed by atoms with Gasteiger partial charge in [0.15, 0.2) is 0 Å². The van der Waals surface area contributed by atoms with E-state index in [1.165, 1.54) is 16.7 Å². The molecule has 1 saturated heterocycles. The summed E-state index contributed by atoms with van der Waals surface area (Å²) in [6.45, 7) is 6.02. The van der Waals surface area contributed by atoms with Crippen molar-refractivity contribution in [3.63, 3.8) is 0 Å². The van der Waals surface area contributed by atoms with Gasteiger partial charge >= 0.3 is 0 Å². The van der Waals surface area contributed by atoms with E-state index in [9.17, 15) is 14.9 Å². The first-order valence-electron chi connectivity index (χ1n) is 11.6. The Morgan fingerprint density at radius 1 is 1.00 bits per heavy atom. The molecule has 1 aliphatic rings. The van der Waals surface area contributed by atoms with Crippen LogP contribution in [0.1, 0.15) is 29.2 Å².